The average Bonchev–Trinajstić information content (AvgIpc) is 2.75. The predicted octanol–water partition coefficient (Wildman–Crippen LogP) is 2.03. The Kier molecular flexibility index (Phi) is 7.37. The summed E-state index contributed by atoms with van der Waals surface area (Å²) in [5.74, 6) is 4.45. The zero-order chi connectivity index (χ0) is 21.3. The Labute approximate surface area is 175 Å². The minimum atomic E-state index is -1.05. The van der Waals surface area contributed by atoms with Crippen molar-refractivity contribution < 1.29 is 14.7 Å². The fourth-order valence-corrected chi connectivity index (χ4v) is 3.77. The lowest BCUT2D eigenvalue weighted by atomic mass is 9.91. The van der Waals surface area contributed by atoms with E-state index in [-0.39, 0.29) is 12.5 Å². The molecule has 2 unspecified atom stereocenters. The van der Waals surface area contributed by atoms with E-state index >= 15 is 0 Å². The second-order valence-corrected chi connectivity index (χ2v) is 7.58. The molecule has 1 aromatic heterocycles. The third-order valence-corrected chi connectivity index (χ3v) is 5.29. The number of amides is 2. The van der Waals surface area contributed by atoms with Crippen LogP contribution in [0, 0.1) is 5.92 Å². The van der Waals surface area contributed by atoms with Crippen LogP contribution in [0.3, 0.4) is 0 Å². The van der Waals surface area contributed by atoms with Crippen LogP contribution in [0.2, 0.25) is 0 Å². The third-order valence-electron chi connectivity index (χ3n) is 5.29. The van der Waals surface area contributed by atoms with Crippen molar-refractivity contribution in [2.45, 2.75) is 31.7 Å². The highest BCUT2D eigenvalue weighted by molar-refractivity contribution is 5.83. The van der Waals surface area contributed by atoms with Crippen molar-refractivity contribution in [1.82, 2.24) is 15.2 Å². The summed E-state index contributed by atoms with van der Waals surface area (Å²) in [6.45, 7) is 1.24. The number of carboxylic acids is 1. The number of nitrogens with one attached hydrogen (secondary N) is 1. The molecule has 2 aromatic rings. The maximum atomic E-state index is 12.7. The molecule has 30 heavy (non-hydrogen) atoms. The molecular formula is C22H27N5O3. The molecule has 0 radical (unpaired) electrons. The van der Waals surface area contributed by atoms with Gasteiger partial charge in [0.2, 0.25) is 0 Å². The number of likely N-dealkylation sites (tertiary alicyclic amines) is 1. The number of hydrazone groups is 1. The first-order valence-corrected chi connectivity index (χ1v) is 10.0. The Hall–Kier alpha value is -3.42. The highest BCUT2D eigenvalue weighted by atomic mass is 16.4. The summed E-state index contributed by atoms with van der Waals surface area (Å²) in [5.41, 5.74) is 2.90. The first kappa shape index (κ1) is 21.3. The van der Waals surface area contributed by atoms with E-state index in [1.165, 1.54) is 5.56 Å². The van der Waals surface area contributed by atoms with Crippen molar-refractivity contribution in [2.24, 2.45) is 16.9 Å². The molecule has 1 fully saturated rings. The van der Waals surface area contributed by atoms with E-state index in [0.717, 1.165) is 30.4 Å². The Morgan fingerprint density at radius 1 is 1.30 bits per heavy atom. The zero-order valence-corrected chi connectivity index (χ0v) is 16.8. The van der Waals surface area contributed by atoms with Gasteiger partial charge in [-0.2, -0.15) is 5.10 Å². The number of pyridine rings is 1. The number of piperidine rings is 1. The first-order chi connectivity index (χ1) is 14.5. The van der Waals surface area contributed by atoms with Gasteiger partial charge in [-0.15, -0.1) is 0 Å². The number of carbonyl (C=O) groups excluding carboxylic acids is 1. The molecule has 1 saturated heterocycles. The van der Waals surface area contributed by atoms with E-state index in [1.807, 2.05) is 24.3 Å². The minimum absolute atomic E-state index is 0.199. The van der Waals surface area contributed by atoms with Gasteiger partial charge in [0.1, 0.15) is 6.04 Å². The number of aromatic nitrogens is 1. The smallest absolute Gasteiger partial charge is 0.326 e. The third kappa shape index (κ3) is 6.04. The highest BCUT2D eigenvalue weighted by Crippen LogP contribution is 2.21. The van der Waals surface area contributed by atoms with Crippen LogP contribution in [0.1, 0.15) is 29.5 Å². The normalized spacial score (nSPS) is 17.6. The summed E-state index contributed by atoms with van der Waals surface area (Å²) < 4.78 is 0. The van der Waals surface area contributed by atoms with Crippen molar-refractivity contribution in [2.75, 3.05) is 13.1 Å². The number of carbonyl (C=O) groups is 2. The molecule has 0 saturated carbocycles. The molecule has 0 aliphatic carbocycles. The highest BCUT2D eigenvalue weighted by Gasteiger charge is 2.27. The number of carboxylic acid groups (broad SMARTS) is 1. The molecule has 1 aromatic carbocycles. The molecule has 8 nitrogen and oxygen atoms in total. The van der Waals surface area contributed by atoms with Crippen molar-refractivity contribution in [3.8, 4) is 0 Å². The number of urea groups is 1. The van der Waals surface area contributed by atoms with Gasteiger partial charge < -0.3 is 21.2 Å². The van der Waals surface area contributed by atoms with Crippen LogP contribution in [0.4, 0.5) is 4.79 Å². The van der Waals surface area contributed by atoms with E-state index < -0.39 is 12.0 Å². The summed E-state index contributed by atoms with van der Waals surface area (Å²) in [6, 6.07) is 10.3. The van der Waals surface area contributed by atoms with Crippen molar-refractivity contribution in [3.05, 3.63) is 65.5 Å². The second kappa shape index (κ2) is 10.4. The fraction of sp³-hybridized carbons (Fsp3) is 0.364. The number of aliphatic carboxylic acids is 1. The van der Waals surface area contributed by atoms with Crippen molar-refractivity contribution >= 4 is 18.2 Å². The number of hydrogen-bond donors (Lipinski definition) is 3. The van der Waals surface area contributed by atoms with Gasteiger partial charge in [0.15, 0.2) is 0 Å². The van der Waals surface area contributed by atoms with E-state index in [9.17, 15) is 14.7 Å². The van der Waals surface area contributed by atoms with Gasteiger partial charge in [0.25, 0.3) is 0 Å². The summed E-state index contributed by atoms with van der Waals surface area (Å²) in [7, 11) is 0. The molecule has 2 atom stereocenters. The maximum Gasteiger partial charge on any atom is 0.326 e. The molecule has 4 N–H and O–H groups in total. The molecule has 2 amide bonds. The van der Waals surface area contributed by atoms with Gasteiger partial charge in [-0.1, -0.05) is 30.3 Å². The number of nitrogens with zero attached hydrogens (tertiary/aromatic N) is 3. The van der Waals surface area contributed by atoms with Gasteiger partial charge in [-0.3, -0.25) is 4.98 Å². The molecule has 3 rings (SSSR count). The largest absolute Gasteiger partial charge is 0.480 e. The number of hydrogen-bond acceptors (Lipinski definition) is 5. The van der Waals surface area contributed by atoms with Gasteiger partial charge >= 0.3 is 12.0 Å². The van der Waals surface area contributed by atoms with Crippen LogP contribution >= 0.6 is 0 Å². The van der Waals surface area contributed by atoms with Crippen LogP contribution in [0.5, 0.6) is 0 Å². The molecule has 158 valence electrons. The molecular weight excluding hydrogens is 382 g/mol. The van der Waals surface area contributed by atoms with E-state index in [4.69, 9.17) is 5.84 Å². The number of rotatable bonds is 7. The molecule has 1 aliphatic heterocycles. The maximum absolute atomic E-state index is 12.7. The van der Waals surface area contributed by atoms with Crippen molar-refractivity contribution in [3.63, 3.8) is 0 Å². The van der Waals surface area contributed by atoms with E-state index in [0.29, 0.717) is 19.0 Å². The Bertz CT molecular complexity index is 870. The lowest BCUT2D eigenvalue weighted by Gasteiger charge is -2.33. The summed E-state index contributed by atoms with van der Waals surface area (Å²) in [4.78, 5) is 30.1. The topological polar surface area (TPSA) is 121 Å². The van der Waals surface area contributed by atoms with Gasteiger partial charge in [-0.25, -0.2) is 9.59 Å². The summed E-state index contributed by atoms with van der Waals surface area (Å²) in [5, 5.41) is 15.7. The summed E-state index contributed by atoms with van der Waals surface area (Å²) in [6.07, 6.45) is 7.84. The van der Waals surface area contributed by atoms with Crippen LogP contribution < -0.4 is 11.2 Å². The monoisotopic (exact) mass is 409 g/mol. The SMILES string of the molecule is NN=Cc1ccc(CC2CCCN(C(=O)NC(Cc3cccnc3)C(=O)O)C2)cc1. The molecule has 1 aliphatic rings. The van der Waals surface area contributed by atoms with Gasteiger partial charge in [-0.05, 0) is 47.9 Å². The first-order valence-electron chi connectivity index (χ1n) is 10.0. The summed E-state index contributed by atoms with van der Waals surface area (Å²) >= 11 is 0. The fourth-order valence-electron chi connectivity index (χ4n) is 3.77. The molecule has 0 spiro atoms. The van der Waals surface area contributed by atoms with Crippen molar-refractivity contribution in [1.29, 1.82) is 0 Å². The molecule has 8 heteroatoms. The number of nitrogens with two attached hydrogens (primary N) is 1. The lowest BCUT2D eigenvalue weighted by molar-refractivity contribution is -0.139. The zero-order valence-electron chi connectivity index (χ0n) is 16.8. The van der Waals surface area contributed by atoms with Gasteiger partial charge in [0.05, 0.1) is 6.21 Å². The van der Waals surface area contributed by atoms with Crippen LogP contribution in [-0.4, -0.2) is 52.3 Å². The van der Waals surface area contributed by atoms with Crippen LogP contribution in [0.15, 0.2) is 53.9 Å². The Morgan fingerprint density at radius 2 is 2.10 bits per heavy atom. The number of benzene rings is 1. The van der Waals surface area contributed by atoms with Crippen LogP contribution in [0.25, 0.3) is 0 Å². The van der Waals surface area contributed by atoms with Crippen LogP contribution in [-0.2, 0) is 17.6 Å². The lowest BCUT2D eigenvalue weighted by Crippen LogP contribution is -2.51. The Balaban J connectivity index is 1.56. The standard InChI is InChI=1S/C22H27N5O3/c23-25-14-17-7-5-16(6-8-17)11-19-4-2-10-27(15-19)22(30)26-20(21(28)29)12-18-3-1-9-24-13-18/h1,3,5-9,13-14,19-20H,2,4,10-12,15,23H2,(H,26,30)(H,28,29). The molecule has 2 heterocycles. The van der Waals surface area contributed by atoms with E-state index in [2.05, 4.69) is 15.4 Å². The molecule has 0 bridgehead atoms. The average molecular weight is 409 g/mol. The Morgan fingerprint density at radius 3 is 2.77 bits per heavy atom. The second-order valence-electron chi connectivity index (χ2n) is 7.58. The quantitative estimate of drug-likeness (QED) is 0.367. The predicted molar refractivity (Wildman–Crippen MR) is 114 cm³/mol. The van der Waals surface area contributed by atoms with Gasteiger partial charge in [0, 0.05) is 31.9 Å². The minimum Gasteiger partial charge on any atom is -0.480 e. The van der Waals surface area contributed by atoms with E-state index in [1.54, 1.807) is 35.6 Å².